The van der Waals surface area contributed by atoms with Crippen molar-refractivity contribution in [2.75, 3.05) is 13.1 Å². The van der Waals surface area contributed by atoms with Crippen molar-refractivity contribution < 1.29 is 4.79 Å². The molecular formula is C16H21N3OS. The van der Waals surface area contributed by atoms with Gasteiger partial charge in [0.25, 0.3) is 0 Å². The van der Waals surface area contributed by atoms with Crippen molar-refractivity contribution in [2.24, 2.45) is 0 Å². The Hall–Kier alpha value is -1.75. The standard InChI is InChI=1S/C16H21N3OS/c1-4-19(10-7-14-5-8-17-9-6-14)16(20)11-15-12(2)18-13(3)21-15/h5-6,8-9H,4,7,10-11H2,1-3H3. The van der Waals surface area contributed by atoms with E-state index < -0.39 is 0 Å². The van der Waals surface area contributed by atoms with Gasteiger partial charge in [-0.1, -0.05) is 0 Å². The lowest BCUT2D eigenvalue weighted by Crippen LogP contribution is -2.33. The number of hydrogen-bond donors (Lipinski definition) is 0. The van der Waals surface area contributed by atoms with Gasteiger partial charge in [-0.3, -0.25) is 9.78 Å². The average molecular weight is 303 g/mol. The summed E-state index contributed by atoms with van der Waals surface area (Å²) in [5.74, 6) is 0.179. The number of thiazole rings is 1. The Kier molecular flexibility index (Phi) is 5.44. The van der Waals surface area contributed by atoms with Crippen LogP contribution in [0.3, 0.4) is 0 Å². The van der Waals surface area contributed by atoms with Crippen LogP contribution in [0.15, 0.2) is 24.5 Å². The van der Waals surface area contributed by atoms with Crippen LogP contribution in [0, 0.1) is 13.8 Å². The third kappa shape index (κ3) is 4.36. The normalized spacial score (nSPS) is 10.6. The zero-order valence-electron chi connectivity index (χ0n) is 12.8. The van der Waals surface area contributed by atoms with Gasteiger partial charge < -0.3 is 4.90 Å². The molecule has 0 aliphatic rings. The number of aryl methyl sites for hydroxylation is 2. The highest BCUT2D eigenvalue weighted by Crippen LogP contribution is 2.18. The van der Waals surface area contributed by atoms with Crippen LogP contribution in [0.1, 0.15) is 28.1 Å². The van der Waals surface area contributed by atoms with Gasteiger partial charge >= 0.3 is 0 Å². The molecule has 5 heteroatoms. The highest BCUT2D eigenvalue weighted by molar-refractivity contribution is 7.11. The molecule has 4 nitrogen and oxygen atoms in total. The molecule has 112 valence electrons. The summed E-state index contributed by atoms with van der Waals surface area (Å²) in [6, 6.07) is 3.99. The van der Waals surface area contributed by atoms with Crippen molar-refractivity contribution >= 4 is 17.2 Å². The molecule has 2 aromatic rings. The molecule has 0 bridgehead atoms. The van der Waals surface area contributed by atoms with Gasteiger partial charge in [0, 0.05) is 30.4 Å². The van der Waals surface area contributed by atoms with Crippen molar-refractivity contribution in [2.45, 2.75) is 33.6 Å². The number of amides is 1. The first-order valence-electron chi connectivity index (χ1n) is 7.19. The molecule has 0 fully saturated rings. The molecule has 0 aliphatic carbocycles. The summed E-state index contributed by atoms with van der Waals surface area (Å²) < 4.78 is 0. The molecule has 2 rings (SSSR count). The average Bonchev–Trinajstić information content (AvgIpc) is 2.78. The van der Waals surface area contributed by atoms with E-state index in [1.54, 1.807) is 23.7 Å². The minimum absolute atomic E-state index is 0.179. The number of aromatic nitrogens is 2. The Morgan fingerprint density at radius 2 is 2.00 bits per heavy atom. The van der Waals surface area contributed by atoms with Crippen LogP contribution in [-0.2, 0) is 17.6 Å². The summed E-state index contributed by atoms with van der Waals surface area (Å²) in [6.45, 7) is 7.46. The summed E-state index contributed by atoms with van der Waals surface area (Å²) in [5.41, 5.74) is 2.19. The smallest absolute Gasteiger partial charge is 0.227 e. The van der Waals surface area contributed by atoms with Gasteiger partial charge in [0.05, 0.1) is 17.1 Å². The molecule has 2 aromatic heterocycles. The second-order valence-electron chi connectivity index (χ2n) is 5.00. The fourth-order valence-electron chi connectivity index (χ4n) is 2.26. The molecule has 1 amide bonds. The maximum Gasteiger partial charge on any atom is 0.227 e. The summed E-state index contributed by atoms with van der Waals surface area (Å²) in [6.07, 6.45) is 4.90. The van der Waals surface area contributed by atoms with Gasteiger partial charge in [0.15, 0.2) is 0 Å². The number of rotatable bonds is 6. The lowest BCUT2D eigenvalue weighted by atomic mass is 10.2. The quantitative estimate of drug-likeness (QED) is 0.824. The molecule has 0 N–H and O–H groups in total. The van der Waals surface area contributed by atoms with Crippen LogP contribution in [-0.4, -0.2) is 33.9 Å². The van der Waals surface area contributed by atoms with E-state index in [9.17, 15) is 4.79 Å². The minimum Gasteiger partial charge on any atom is -0.342 e. The summed E-state index contributed by atoms with van der Waals surface area (Å²) in [5, 5.41) is 1.02. The maximum atomic E-state index is 12.4. The predicted molar refractivity (Wildman–Crippen MR) is 85.5 cm³/mol. The second kappa shape index (κ2) is 7.31. The van der Waals surface area contributed by atoms with E-state index in [4.69, 9.17) is 0 Å². The van der Waals surface area contributed by atoms with Crippen LogP contribution in [0.5, 0.6) is 0 Å². The van der Waals surface area contributed by atoms with Crippen molar-refractivity contribution in [1.82, 2.24) is 14.9 Å². The maximum absolute atomic E-state index is 12.4. The highest BCUT2D eigenvalue weighted by atomic mass is 32.1. The van der Waals surface area contributed by atoms with Gasteiger partial charge in [0.2, 0.25) is 5.91 Å². The lowest BCUT2D eigenvalue weighted by Gasteiger charge is -2.20. The van der Waals surface area contributed by atoms with Gasteiger partial charge in [0.1, 0.15) is 0 Å². The molecule has 2 heterocycles. The number of hydrogen-bond acceptors (Lipinski definition) is 4. The van der Waals surface area contributed by atoms with E-state index in [1.165, 1.54) is 5.56 Å². The number of carbonyl (C=O) groups excluding carboxylic acids is 1. The first-order valence-corrected chi connectivity index (χ1v) is 8.01. The highest BCUT2D eigenvalue weighted by Gasteiger charge is 2.15. The monoisotopic (exact) mass is 303 g/mol. The molecule has 0 aromatic carbocycles. The Bertz CT molecular complexity index is 595. The van der Waals surface area contributed by atoms with Gasteiger partial charge in [-0.2, -0.15) is 0 Å². The Morgan fingerprint density at radius 1 is 1.29 bits per heavy atom. The molecular weight excluding hydrogens is 282 g/mol. The Morgan fingerprint density at radius 3 is 2.57 bits per heavy atom. The predicted octanol–water partition coefficient (Wildman–Crippen LogP) is 2.79. The number of likely N-dealkylation sites (N-methyl/N-ethyl adjacent to an activating group) is 1. The number of carbonyl (C=O) groups is 1. The van der Waals surface area contributed by atoms with E-state index in [2.05, 4.69) is 9.97 Å². The van der Waals surface area contributed by atoms with Crippen molar-refractivity contribution in [3.05, 3.63) is 45.7 Å². The number of pyridine rings is 1. The lowest BCUT2D eigenvalue weighted by molar-refractivity contribution is -0.130. The molecule has 0 aliphatic heterocycles. The van der Waals surface area contributed by atoms with E-state index in [-0.39, 0.29) is 5.91 Å². The van der Waals surface area contributed by atoms with Crippen LogP contribution >= 0.6 is 11.3 Å². The van der Waals surface area contributed by atoms with Crippen LogP contribution in [0.25, 0.3) is 0 Å². The van der Waals surface area contributed by atoms with Gasteiger partial charge in [-0.25, -0.2) is 4.98 Å². The van der Waals surface area contributed by atoms with Gasteiger partial charge in [-0.15, -0.1) is 11.3 Å². The molecule has 0 radical (unpaired) electrons. The first kappa shape index (κ1) is 15.6. The van der Waals surface area contributed by atoms with E-state index in [0.29, 0.717) is 6.42 Å². The van der Waals surface area contributed by atoms with Crippen molar-refractivity contribution in [3.63, 3.8) is 0 Å². The topological polar surface area (TPSA) is 46.1 Å². The fraction of sp³-hybridized carbons (Fsp3) is 0.438. The Labute approximate surface area is 129 Å². The van der Waals surface area contributed by atoms with Crippen molar-refractivity contribution in [1.29, 1.82) is 0 Å². The number of nitrogens with zero attached hydrogens (tertiary/aromatic N) is 3. The van der Waals surface area contributed by atoms with Crippen LogP contribution < -0.4 is 0 Å². The summed E-state index contributed by atoms with van der Waals surface area (Å²) in [4.78, 5) is 23.8. The SMILES string of the molecule is CCN(CCc1ccncc1)C(=O)Cc1sc(C)nc1C. The van der Waals surface area contributed by atoms with Crippen LogP contribution in [0.2, 0.25) is 0 Å². The zero-order valence-corrected chi connectivity index (χ0v) is 13.6. The van der Waals surface area contributed by atoms with Crippen LogP contribution in [0.4, 0.5) is 0 Å². The largest absolute Gasteiger partial charge is 0.342 e. The van der Waals surface area contributed by atoms with E-state index >= 15 is 0 Å². The molecule has 21 heavy (non-hydrogen) atoms. The molecule has 0 saturated heterocycles. The fourth-order valence-corrected chi connectivity index (χ4v) is 3.19. The summed E-state index contributed by atoms with van der Waals surface area (Å²) in [7, 11) is 0. The van der Waals surface area contributed by atoms with Crippen molar-refractivity contribution in [3.8, 4) is 0 Å². The van der Waals surface area contributed by atoms with E-state index in [0.717, 1.165) is 35.1 Å². The van der Waals surface area contributed by atoms with E-state index in [1.807, 2.05) is 37.8 Å². The third-order valence-electron chi connectivity index (χ3n) is 3.47. The summed E-state index contributed by atoms with van der Waals surface area (Å²) >= 11 is 1.62. The molecule has 0 saturated carbocycles. The first-order chi connectivity index (χ1) is 10.1. The molecule has 0 unspecified atom stereocenters. The zero-order chi connectivity index (χ0) is 15.2. The van der Waals surface area contributed by atoms with Gasteiger partial charge in [-0.05, 0) is 44.9 Å². The third-order valence-corrected chi connectivity index (χ3v) is 4.54. The minimum atomic E-state index is 0.179. The second-order valence-corrected chi connectivity index (χ2v) is 6.28. The molecule has 0 atom stereocenters. The Balaban J connectivity index is 1.94. The molecule has 0 spiro atoms.